The molecule has 0 amide bonds. The quantitative estimate of drug-likeness (QED) is 0.749. The molecule has 0 saturated carbocycles. The Morgan fingerprint density at radius 2 is 2.20 bits per heavy atom. The van der Waals surface area contributed by atoms with Crippen molar-refractivity contribution in [2.45, 2.75) is 20.3 Å². The molecule has 78 valence electrons. The van der Waals surface area contributed by atoms with E-state index in [-0.39, 0.29) is 0 Å². The number of nitrogens with two attached hydrogens (primary N) is 1. The molecule has 1 aliphatic heterocycles. The predicted molar refractivity (Wildman–Crippen MR) is 60.9 cm³/mol. The summed E-state index contributed by atoms with van der Waals surface area (Å²) in [5, 5.41) is 8.10. The second-order valence-electron chi connectivity index (χ2n) is 3.87. The van der Waals surface area contributed by atoms with Crippen LogP contribution in [0.5, 0.6) is 0 Å². The van der Waals surface area contributed by atoms with Crippen LogP contribution in [0.2, 0.25) is 0 Å². The number of aromatic nitrogens is 1. The molecule has 1 atom stereocenters. The molecule has 0 aliphatic carbocycles. The van der Waals surface area contributed by atoms with Gasteiger partial charge in [-0.25, -0.2) is 0 Å². The summed E-state index contributed by atoms with van der Waals surface area (Å²) in [6, 6.07) is 1.98. The van der Waals surface area contributed by atoms with Gasteiger partial charge >= 0.3 is 0 Å². The summed E-state index contributed by atoms with van der Waals surface area (Å²) in [5.74, 6) is 0.915. The number of rotatable bonds is 1. The predicted octanol–water partition coefficient (Wildman–Crippen LogP) is 1.49. The molecule has 0 saturated heterocycles. The van der Waals surface area contributed by atoms with Gasteiger partial charge in [0.1, 0.15) is 5.84 Å². The first kappa shape index (κ1) is 9.83. The van der Waals surface area contributed by atoms with E-state index < -0.39 is 0 Å². The number of pyridine rings is 1. The minimum atomic E-state index is 0.311. The van der Waals surface area contributed by atoms with Gasteiger partial charge in [-0.2, -0.15) is 5.10 Å². The number of hydrogen-bond acceptors (Lipinski definition) is 4. The largest absolute Gasteiger partial charge is 0.386 e. The summed E-state index contributed by atoms with van der Waals surface area (Å²) in [5.41, 5.74) is 8.86. The van der Waals surface area contributed by atoms with E-state index in [2.05, 4.69) is 22.1 Å². The molecule has 1 aromatic heterocycles. The Bertz CT molecular complexity index is 434. The second kappa shape index (κ2) is 3.81. The highest BCUT2D eigenvalue weighted by Gasteiger charge is 2.19. The first-order valence-corrected chi connectivity index (χ1v) is 4.99. The van der Waals surface area contributed by atoms with Gasteiger partial charge in [-0.1, -0.05) is 6.92 Å². The average molecular weight is 202 g/mol. The van der Waals surface area contributed by atoms with E-state index in [1.165, 1.54) is 5.56 Å². The van der Waals surface area contributed by atoms with Crippen LogP contribution < -0.4 is 5.73 Å². The molecule has 15 heavy (non-hydrogen) atoms. The number of hydrogen-bond donors (Lipinski definition) is 1. The van der Waals surface area contributed by atoms with Gasteiger partial charge in [-0.05, 0) is 18.6 Å². The van der Waals surface area contributed by atoms with Crippen LogP contribution in [0.4, 0.5) is 0 Å². The lowest BCUT2D eigenvalue weighted by Gasteiger charge is -2.18. The summed E-state index contributed by atoms with van der Waals surface area (Å²) >= 11 is 0. The van der Waals surface area contributed by atoms with Gasteiger partial charge in [0.05, 0.1) is 5.71 Å². The molecule has 2 rings (SSSR count). The zero-order valence-corrected chi connectivity index (χ0v) is 8.94. The molecule has 0 spiro atoms. The summed E-state index contributed by atoms with van der Waals surface area (Å²) in [6.45, 7) is 4.15. The highest BCUT2D eigenvalue weighted by molar-refractivity contribution is 6.06. The van der Waals surface area contributed by atoms with E-state index in [0.29, 0.717) is 11.8 Å². The van der Waals surface area contributed by atoms with Crippen LogP contribution in [-0.4, -0.2) is 16.5 Å². The maximum absolute atomic E-state index is 5.63. The van der Waals surface area contributed by atoms with Crippen LogP contribution >= 0.6 is 0 Å². The van der Waals surface area contributed by atoms with Gasteiger partial charge < -0.3 is 5.73 Å². The molecule has 0 aromatic carbocycles. The van der Waals surface area contributed by atoms with Crippen molar-refractivity contribution >= 4 is 11.5 Å². The second-order valence-corrected chi connectivity index (χ2v) is 3.87. The van der Waals surface area contributed by atoms with Gasteiger partial charge in [-0.3, -0.25) is 4.98 Å². The van der Waals surface area contributed by atoms with Crippen molar-refractivity contribution in [2.75, 3.05) is 0 Å². The normalized spacial score (nSPS) is 20.8. The van der Waals surface area contributed by atoms with Crippen LogP contribution in [0.25, 0.3) is 0 Å². The first-order valence-electron chi connectivity index (χ1n) is 4.99. The smallest absolute Gasteiger partial charge is 0.123 e. The highest BCUT2D eigenvalue weighted by atomic mass is 15.2. The Balaban J connectivity index is 2.44. The van der Waals surface area contributed by atoms with E-state index in [4.69, 9.17) is 5.73 Å². The Morgan fingerprint density at radius 3 is 2.87 bits per heavy atom. The number of aryl methyl sites for hydroxylation is 1. The van der Waals surface area contributed by atoms with Crippen LogP contribution in [0.1, 0.15) is 24.5 Å². The molecule has 1 aromatic rings. The van der Waals surface area contributed by atoms with Gasteiger partial charge in [-0.15, -0.1) is 5.10 Å². The minimum Gasteiger partial charge on any atom is -0.386 e. The van der Waals surface area contributed by atoms with Crippen LogP contribution in [0.15, 0.2) is 28.7 Å². The summed E-state index contributed by atoms with van der Waals surface area (Å²) in [4.78, 5) is 4.11. The Labute approximate surface area is 88.9 Å². The van der Waals surface area contributed by atoms with Crippen molar-refractivity contribution < 1.29 is 0 Å². The molecule has 2 N–H and O–H groups in total. The van der Waals surface area contributed by atoms with Crippen molar-refractivity contribution in [3.05, 3.63) is 29.6 Å². The molecule has 4 nitrogen and oxygen atoms in total. The molecular formula is C11H14N4. The molecule has 0 bridgehead atoms. The molecule has 4 heteroatoms. The maximum Gasteiger partial charge on any atom is 0.123 e. The van der Waals surface area contributed by atoms with Gasteiger partial charge in [0, 0.05) is 30.3 Å². The topological polar surface area (TPSA) is 63.6 Å². The van der Waals surface area contributed by atoms with Crippen molar-refractivity contribution in [3.8, 4) is 0 Å². The fourth-order valence-corrected chi connectivity index (χ4v) is 1.72. The minimum absolute atomic E-state index is 0.311. The van der Waals surface area contributed by atoms with Crippen molar-refractivity contribution in [2.24, 2.45) is 21.9 Å². The number of amidine groups is 1. The maximum atomic E-state index is 5.63. The summed E-state index contributed by atoms with van der Waals surface area (Å²) < 4.78 is 0. The van der Waals surface area contributed by atoms with E-state index in [1.54, 1.807) is 6.20 Å². The third-order valence-electron chi connectivity index (χ3n) is 2.58. The summed E-state index contributed by atoms with van der Waals surface area (Å²) in [7, 11) is 0. The molecule has 0 radical (unpaired) electrons. The number of nitrogens with zero attached hydrogens (tertiary/aromatic N) is 3. The zero-order valence-electron chi connectivity index (χ0n) is 8.94. The van der Waals surface area contributed by atoms with Crippen molar-refractivity contribution in [3.63, 3.8) is 0 Å². The van der Waals surface area contributed by atoms with Crippen LogP contribution in [-0.2, 0) is 0 Å². The average Bonchev–Trinajstić information content (AvgIpc) is 2.20. The monoisotopic (exact) mass is 202 g/mol. The Kier molecular flexibility index (Phi) is 2.49. The van der Waals surface area contributed by atoms with E-state index in [9.17, 15) is 0 Å². The summed E-state index contributed by atoms with van der Waals surface area (Å²) in [6.07, 6.45) is 4.39. The van der Waals surface area contributed by atoms with E-state index in [0.717, 1.165) is 17.7 Å². The Hall–Kier alpha value is -1.71. The van der Waals surface area contributed by atoms with Gasteiger partial charge in [0.15, 0.2) is 0 Å². The highest BCUT2D eigenvalue weighted by Crippen LogP contribution is 2.18. The lowest BCUT2D eigenvalue weighted by Crippen LogP contribution is -2.25. The van der Waals surface area contributed by atoms with E-state index >= 15 is 0 Å². The molecule has 2 heterocycles. The standard InChI is InChI=1S/C11H14N4/c1-7-3-4-13-6-9(7)11-8(2)5-10(12)14-15-11/h3-4,6,8H,5H2,1-2H3,(H2,12,14). The molecule has 1 unspecified atom stereocenters. The third kappa shape index (κ3) is 1.88. The first-order chi connectivity index (χ1) is 7.18. The van der Waals surface area contributed by atoms with Crippen molar-refractivity contribution in [1.82, 2.24) is 4.98 Å². The van der Waals surface area contributed by atoms with Gasteiger partial charge in [0.25, 0.3) is 0 Å². The van der Waals surface area contributed by atoms with Crippen LogP contribution in [0, 0.1) is 12.8 Å². The lowest BCUT2D eigenvalue weighted by molar-refractivity contribution is 0.782. The third-order valence-corrected chi connectivity index (χ3v) is 2.58. The van der Waals surface area contributed by atoms with E-state index in [1.807, 2.05) is 19.2 Å². The fraction of sp³-hybridized carbons (Fsp3) is 0.364. The fourth-order valence-electron chi connectivity index (χ4n) is 1.72. The Morgan fingerprint density at radius 1 is 1.40 bits per heavy atom. The molecular weight excluding hydrogens is 188 g/mol. The SMILES string of the molecule is Cc1ccncc1C1=NN=C(N)CC1C. The van der Waals surface area contributed by atoms with Gasteiger partial charge in [0.2, 0.25) is 0 Å². The lowest BCUT2D eigenvalue weighted by atomic mass is 9.93. The molecule has 0 fully saturated rings. The van der Waals surface area contributed by atoms with Crippen molar-refractivity contribution in [1.29, 1.82) is 0 Å². The van der Waals surface area contributed by atoms with Crippen LogP contribution in [0.3, 0.4) is 0 Å². The zero-order chi connectivity index (χ0) is 10.8. The molecule has 1 aliphatic rings.